The van der Waals surface area contributed by atoms with Gasteiger partial charge in [0.25, 0.3) is 5.69 Å². The summed E-state index contributed by atoms with van der Waals surface area (Å²) in [5.74, 6) is -0.157. The third-order valence-electron chi connectivity index (χ3n) is 3.59. The van der Waals surface area contributed by atoms with Gasteiger partial charge in [0.2, 0.25) is 5.96 Å². The molecule has 0 amide bonds. The molecule has 1 aromatic carbocycles. The fourth-order valence-corrected chi connectivity index (χ4v) is 3.61. The minimum atomic E-state index is -0.436. The summed E-state index contributed by atoms with van der Waals surface area (Å²) in [5.41, 5.74) is 12.5. The highest BCUT2D eigenvalue weighted by Gasteiger charge is 2.17. The topological polar surface area (TPSA) is 137 Å². The number of benzene rings is 1. The molecule has 0 fully saturated rings. The highest BCUT2D eigenvalue weighted by molar-refractivity contribution is 7.17. The number of hydrogen-bond acceptors (Lipinski definition) is 6. The molecule has 3 aromatic rings. The van der Waals surface area contributed by atoms with E-state index in [1.807, 2.05) is 10.6 Å². The van der Waals surface area contributed by atoms with Crippen LogP contribution >= 0.6 is 11.3 Å². The molecule has 134 valence electrons. The largest absolute Gasteiger partial charge is 0.369 e. The lowest BCUT2D eigenvalue weighted by Crippen LogP contribution is -2.21. The van der Waals surface area contributed by atoms with E-state index in [0.717, 1.165) is 17.8 Å². The molecular formula is C16H17N7O2S. The lowest BCUT2D eigenvalue weighted by atomic mass is 10.1. The third-order valence-corrected chi connectivity index (χ3v) is 4.63. The summed E-state index contributed by atoms with van der Waals surface area (Å²) in [6, 6.07) is 6.32. The molecule has 0 aliphatic rings. The summed E-state index contributed by atoms with van der Waals surface area (Å²) in [4.78, 5) is 17.2. The Hall–Kier alpha value is -3.27. The first-order valence-corrected chi connectivity index (χ1v) is 8.68. The van der Waals surface area contributed by atoms with Crippen LogP contribution in [0.4, 0.5) is 5.69 Å². The molecule has 2 aromatic heterocycles. The second-order valence-corrected chi connectivity index (χ2v) is 6.62. The number of imidazole rings is 1. The normalized spacial score (nSPS) is 11.3. The van der Waals surface area contributed by atoms with Gasteiger partial charge in [-0.15, -0.1) is 16.4 Å². The van der Waals surface area contributed by atoms with Crippen LogP contribution in [0, 0.1) is 10.1 Å². The highest BCUT2D eigenvalue weighted by Crippen LogP contribution is 2.30. The van der Waals surface area contributed by atoms with E-state index in [1.54, 1.807) is 23.5 Å². The number of nitrogens with zero attached hydrogens (tertiary/aromatic N) is 5. The molecule has 2 heterocycles. The van der Waals surface area contributed by atoms with Gasteiger partial charge < -0.3 is 11.5 Å². The Bertz CT molecular complexity index is 1010. The van der Waals surface area contributed by atoms with Gasteiger partial charge in [0.05, 0.1) is 22.5 Å². The first-order chi connectivity index (χ1) is 12.5. The van der Waals surface area contributed by atoms with Crippen molar-refractivity contribution < 1.29 is 4.92 Å². The molecular weight excluding hydrogens is 354 g/mol. The van der Waals surface area contributed by atoms with Crippen LogP contribution in [0.1, 0.15) is 23.9 Å². The van der Waals surface area contributed by atoms with Crippen molar-refractivity contribution in [2.24, 2.45) is 21.7 Å². The Labute approximate surface area is 152 Å². The van der Waals surface area contributed by atoms with Crippen molar-refractivity contribution in [3.8, 4) is 11.3 Å². The molecule has 0 aliphatic heterocycles. The number of guanidine groups is 1. The molecule has 0 spiro atoms. The van der Waals surface area contributed by atoms with Crippen molar-refractivity contribution in [3.05, 3.63) is 51.1 Å². The van der Waals surface area contributed by atoms with Crippen molar-refractivity contribution in [3.63, 3.8) is 0 Å². The Kier molecular flexibility index (Phi) is 4.94. The lowest BCUT2D eigenvalue weighted by Gasteiger charge is -2.00. The number of rotatable bonds is 6. The molecule has 10 heteroatoms. The maximum Gasteiger partial charge on any atom is 0.270 e. The van der Waals surface area contributed by atoms with Crippen molar-refractivity contribution in [2.45, 2.75) is 19.8 Å². The summed E-state index contributed by atoms with van der Waals surface area (Å²) < 4.78 is 1.90. The van der Waals surface area contributed by atoms with Gasteiger partial charge >= 0.3 is 0 Å². The number of non-ortho nitro benzene ring substituents is 1. The lowest BCUT2D eigenvalue weighted by molar-refractivity contribution is -0.384. The number of nitro benzene ring substituents is 1. The number of nitrogens with two attached hydrogens (primary N) is 2. The van der Waals surface area contributed by atoms with Gasteiger partial charge in [0, 0.05) is 28.8 Å². The number of fused-ring (bicyclic) bond motifs is 1. The van der Waals surface area contributed by atoms with Crippen LogP contribution in [-0.4, -0.2) is 26.5 Å². The highest BCUT2D eigenvalue weighted by atomic mass is 32.1. The van der Waals surface area contributed by atoms with E-state index in [0.29, 0.717) is 17.0 Å². The van der Waals surface area contributed by atoms with Crippen molar-refractivity contribution in [2.75, 3.05) is 0 Å². The molecule has 0 aliphatic carbocycles. The monoisotopic (exact) mass is 371 g/mol. The standard InChI is InChI=1S/C16H17N7O2S/c1-2-4-12-9-22-13(8-19-21-15(17)18)14(20-16(22)26-12)10-5-3-6-11(7-10)23(24)25/h3,5-9H,2,4H2,1H3,(H4,17,18,21)/b19-8+. The fourth-order valence-electron chi connectivity index (χ4n) is 2.52. The SMILES string of the molecule is CCCc1cn2c(/C=N/N=C(N)N)c(-c3cccc([N+](=O)[O-])c3)nc2s1. The van der Waals surface area contributed by atoms with E-state index < -0.39 is 4.92 Å². The summed E-state index contributed by atoms with van der Waals surface area (Å²) in [6.07, 6.45) is 5.47. The maximum atomic E-state index is 11.1. The van der Waals surface area contributed by atoms with Crippen LogP contribution in [0.2, 0.25) is 0 Å². The number of hydrogen-bond donors (Lipinski definition) is 2. The van der Waals surface area contributed by atoms with Gasteiger partial charge in [-0.1, -0.05) is 25.5 Å². The Balaban J connectivity index is 2.16. The van der Waals surface area contributed by atoms with Crippen molar-refractivity contribution >= 4 is 34.2 Å². The third kappa shape index (κ3) is 3.54. The molecule has 0 unspecified atom stereocenters. The summed E-state index contributed by atoms with van der Waals surface area (Å²) in [6.45, 7) is 2.11. The van der Waals surface area contributed by atoms with Crippen LogP contribution < -0.4 is 11.5 Å². The van der Waals surface area contributed by atoms with Gasteiger partial charge in [-0.3, -0.25) is 14.5 Å². The Morgan fingerprint density at radius 2 is 2.27 bits per heavy atom. The molecule has 0 saturated heterocycles. The number of thiazole rings is 1. The van der Waals surface area contributed by atoms with Gasteiger partial charge in [0.1, 0.15) is 0 Å². The second kappa shape index (κ2) is 7.31. The Morgan fingerprint density at radius 1 is 1.46 bits per heavy atom. The summed E-state index contributed by atoms with van der Waals surface area (Å²) in [5, 5.41) is 18.6. The average Bonchev–Trinajstić information content (AvgIpc) is 3.13. The first-order valence-electron chi connectivity index (χ1n) is 7.87. The summed E-state index contributed by atoms with van der Waals surface area (Å²) >= 11 is 1.57. The zero-order valence-electron chi connectivity index (χ0n) is 14.0. The van der Waals surface area contributed by atoms with Gasteiger partial charge in [-0.25, -0.2) is 4.98 Å². The van der Waals surface area contributed by atoms with E-state index in [4.69, 9.17) is 11.5 Å². The molecule has 0 radical (unpaired) electrons. The fraction of sp³-hybridized carbons (Fsp3) is 0.188. The quantitative estimate of drug-likeness (QED) is 0.297. The van der Waals surface area contributed by atoms with Crippen molar-refractivity contribution in [1.82, 2.24) is 9.38 Å². The van der Waals surface area contributed by atoms with E-state index in [-0.39, 0.29) is 11.6 Å². The number of aryl methyl sites for hydroxylation is 1. The Morgan fingerprint density at radius 3 is 2.96 bits per heavy atom. The van der Waals surface area contributed by atoms with Crippen molar-refractivity contribution in [1.29, 1.82) is 0 Å². The minimum absolute atomic E-state index is 0.00219. The predicted octanol–water partition coefficient (Wildman–Crippen LogP) is 2.53. The summed E-state index contributed by atoms with van der Waals surface area (Å²) in [7, 11) is 0. The molecule has 3 rings (SSSR count). The number of nitro groups is 1. The van der Waals surface area contributed by atoms with Gasteiger partial charge in [-0.05, 0) is 6.42 Å². The smallest absolute Gasteiger partial charge is 0.270 e. The van der Waals surface area contributed by atoms with E-state index in [1.165, 1.54) is 23.2 Å². The van der Waals surface area contributed by atoms with Gasteiger partial charge in [0.15, 0.2) is 4.96 Å². The minimum Gasteiger partial charge on any atom is -0.369 e. The van der Waals surface area contributed by atoms with Crippen LogP contribution in [-0.2, 0) is 6.42 Å². The van der Waals surface area contributed by atoms with E-state index in [2.05, 4.69) is 22.1 Å². The number of aromatic nitrogens is 2. The molecule has 0 atom stereocenters. The van der Waals surface area contributed by atoms with Crippen LogP contribution in [0.5, 0.6) is 0 Å². The molecule has 9 nitrogen and oxygen atoms in total. The molecule has 26 heavy (non-hydrogen) atoms. The van der Waals surface area contributed by atoms with Crippen LogP contribution in [0.25, 0.3) is 16.2 Å². The van der Waals surface area contributed by atoms with Crippen LogP contribution in [0.3, 0.4) is 0 Å². The predicted molar refractivity (Wildman–Crippen MR) is 103 cm³/mol. The molecule has 4 N–H and O–H groups in total. The maximum absolute atomic E-state index is 11.1. The zero-order valence-corrected chi connectivity index (χ0v) is 14.8. The van der Waals surface area contributed by atoms with E-state index >= 15 is 0 Å². The average molecular weight is 371 g/mol. The zero-order chi connectivity index (χ0) is 18.7. The molecule has 0 saturated carbocycles. The van der Waals surface area contributed by atoms with Gasteiger partial charge in [-0.2, -0.15) is 5.10 Å². The first kappa shape index (κ1) is 17.5. The second-order valence-electron chi connectivity index (χ2n) is 5.52. The molecule has 0 bridgehead atoms. The van der Waals surface area contributed by atoms with E-state index in [9.17, 15) is 10.1 Å². The van der Waals surface area contributed by atoms with Crippen LogP contribution in [0.15, 0.2) is 40.7 Å².